The molecule has 0 aromatic carbocycles. The number of carbonyl (C=O) groups is 1. The fourth-order valence-electron chi connectivity index (χ4n) is 6.38. The minimum atomic E-state index is -1.29. The lowest BCUT2D eigenvalue weighted by Gasteiger charge is -2.27. The van der Waals surface area contributed by atoms with Crippen LogP contribution in [0.3, 0.4) is 0 Å². The van der Waals surface area contributed by atoms with E-state index in [0.717, 1.165) is 51.4 Å². The van der Waals surface area contributed by atoms with Crippen molar-refractivity contribution in [2.75, 3.05) is 6.61 Å². The molecule has 0 fully saturated rings. The Morgan fingerprint density at radius 1 is 0.480 bits per heavy atom. The van der Waals surface area contributed by atoms with Crippen molar-refractivity contribution >= 4 is 5.91 Å². The molecule has 0 rings (SSSR count). The SMILES string of the molecule is CCCCCCCCC/C=C/CC/C=C/CC/C=C/CCCC(O)C(O)C(CO)NC(=O)C(O)CCCCCCCCCCCCCCCC. The molecule has 0 heterocycles. The molecule has 0 radical (unpaired) electrons. The number of amides is 1. The van der Waals surface area contributed by atoms with Gasteiger partial charge in [-0.1, -0.05) is 179 Å². The number of aliphatic hydroxyl groups excluding tert-OH is 4. The van der Waals surface area contributed by atoms with Crippen LogP contribution in [0.15, 0.2) is 36.5 Å². The highest BCUT2D eigenvalue weighted by atomic mass is 16.3. The van der Waals surface area contributed by atoms with Crippen LogP contribution in [0.25, 0.3) is 0 Å². The summed E-state index contributed by atoms with van der Waals surface area (Å²) in [4.78, 5) is 12.5. The van der Waals surface area contributed by atoms with Crippen molar-refractivity contribution in [2.24, 2.45) is 0 Å². The monoisotopic (exact) mass is 706 g/mol. The number of rotatable bonds is 38. The molecule has 1 amide bonds. The molecular weight excluding hydrogens is 622 g/mol. The Morgan fingerprint density at radius 2 is 0.840 bits per heavy atom. The third-order valence-electron chi connectivity index (χ3n) is 9.81. The van der Waals surface area contributed by atoms with Gasteiger partial charge in [-0.3, -0.25) is 4.79 Å². The summed E-state index contributed by atoms with van der Waals surface area (Å²) in [5.74, 6) is -0.600. The number of unbranched alkanes of at least 4 members (excludes halogenated alkanes) is 23. The van der Waals surface area contributed by atoms with E-state index >= 15 is 0 Å². The van der Waals surface area contributed by atoms with Crippen molar-refractivity contribution < 1.29 is 25.2 Å². The van der Waals surface area contributed by atoms with E-state index in [0.29, 0.717) is 19.3 Å². The Labute approximate surface area is 309 Å². The lowest BCUT2D eigenvalue weighted by molar-refractivity contribution is -0.132. The van der Waals surface area contributed by atoms with Gasteiger partial charge in [-0.05, 0) is 64.2 Å². The molecule has 0 aliphatic heterocycles. The zero-order chi connectivity index (χ0) is 36.8. The topological polar surface area (TPSA) is 110 Å². The van der Waals surface area contributed by atoms with E-state index in [2.05, 4.69) is 55.6 Å². The second-order valence-corrected chi connectivity index (χ2v) is 14.7. The predicted molar refractivity (Wildman–Crippen MR) is 214 cm³/mol. The zero-order valence-corrected chi connectivity index (χ0v) is 32.9. The third kappa shape index (κ3) is 32.4. The van der Waals surface area contributed by atoms with Gasteiger partial charge < -0.3 is 25.7 Å². The first-order valence-electron chi connectivity index (χ1n) is 21.4. The number of nitrogens with one attached hydrogen (secondary N) is 1. The second-order valence-electron chi connectivity index (χ2n) is 14.7. The molecule has 4 atom stereocenters. The van der Waals surface area contributed by atoms with Crippen LogP contribution in [0.2, 0.25) is 0 Å². The molecule has 6 nitrogen and oxygen atoms in total. The van der Waals surface area contributed by atoms with Gasteiger partial charge in [0.2, 0.25) is 5.91 Å². The van der Waals surface area contributed by atoms with E-state index in [9.17, 15) is 25.2 Å². The maximum absolute atomic E-state index is 12.5. The number of aliphatic hydroxyl groups is 4. The first kappa shape index (κ1) is 48.5. The Balaban J connectivity index is 3.84. The fourth-order valence-corrected chi connectivity index (χ4v) is 6.38. The van der Waals surface area contributed by atoms with Gasteiger partial charge in [0.05, 0.1) is 18.8 Å². The molecule has 0 aliphatic rings. The average Bonchev–Trinajstić information content (AvgIpc) is 3.12. The molecule has 0 aliphatic carbocycles. The van der Waals surface area contributed by atoms with Crippen LogP contribution in [0.5, 0.6) is 0 Å². The molecule has 5 N–H and O–H groups in total. The first-order valence-corrected chi connectivity index (χ1v) is 21.4. The van der Waals surface area contributed by atoms with Gasteiger partial charge in [0.25, 0.3) is 0 Å². The summed E-state index contributed by atoms with van der Waals surface area (Å²) < 4.78 is 0. The summed E-state index contributed by atoms with van der Waals surface area (Å²) in [6.07, 6.45) is 44.5. The van der Waals surface area contributed by atoms with Crippen LogP contribution in [-0.4, -0.2) is 57.3 Å². The van der Waals surface area contributed by atoms with Gasteiger partial charge >= 0.3 is 0 Å². The number of hydrogen-bond donors (Lipinski definition) is 5. The maximum Gasteiger partial charge on any atom is 0.249 e. The van der Waals surface area contributed by atoms with Gasteiger partial charge in [-0.15, -0.1) is 0 Å². The Bertz CT molecular complexity index is 797. The molecule has 0 bridgehead atoms. The molecule has 0 spiro atoms. The van der Waals surface area contributed by atoms with E-state index in [4.69, 9.17) is 0 Å². The highest BCUT2D eigenvalue weighted by Gasteiger charge is 2.28. The first-order chi connectivity index (χ1) is 24.5. The standard InChI is InChI=1S/C44H83NO5/c1-3-5-7-9-11-13-15-17-19-20-21-22-23-24-26-27-29-31-33-35-37-41(47)43(49)40(39-46)45-44(50)42(48)38-36-34-32-30-28-25-18-16-14-12-10-8-6-4-2/h19-20,23-24,29,31,40-43,46-49H,3-18,21-22,25-28,30,32-39H2,1-2H3,(H,45,50)/b20-19+,24-23+,31-29+. The van der Waals surface area contributed by atoms with Gasteiger partial charge in [0.1, 0.15) is 12.2 Å². The lowest BCUT2D eigenvalue weighted by Crippen LogP contribution is -2.53. The normalized spacial score (nSPS) is 14.6. The molecule has 0 saturated heterocycles. The maximum atomic E-state index is 12.5. The molecule has 0 aromatic rings. The number of allylic oxidation sites excluding steroid dienone is 6. The van der Waals surface area contributed by atoms with Crippen molar-refractivity contribution in [3.05, 3.63) is 36.5 Å². The largest absolute Gasteiger partial charge is 0.394 e. The van der Waals surface area contributed by atoms with Crippen molar-refractivity contribution in [1.29, 1.82) is 0 Å². The quantitative estimate of drug-likeness (QED) is 0.0324. The van der Waals surface area contributed by atoms with Crippen molar-refractivity contribution in [3.8, 4) is 0 Å². The predicted octanol–water partition coefficient (Wildman–Crippen LogP) is 11.0. The van der Waals surface area contributed by atoms with Crippen molar-refractivity contribution in [2.45, 2.75) is 231 Å². The molecule has 0 aromatic heterocycles. The van der Waals surface area contributed by atoms with E-state index in [1.54, 1.807) is 0 Å². The summed E-state index contributed by atoms with van der Waals surface area (Å²) >= 11 is 0. The second kappa shape index (κ2) is 38.8. The van der Waals surface area contributed by atoms with E-state index < -0.39 is 36.9 Å². The van der Waals surface area contributed by atoms with Gasteiger partial charge in [0, 0.05) is 0 Å². The van der Waals surface area contributed by atoms with Crippen LogP contribution in [0, 0.1) is 0 Å². The molecule has 0 saturated carbocycles. The van der Waals surface area contributed by atoms with Crippen LogP contribution >= 0.6 is 0 Å². The number of hydrogen-bond acceptors (Lipinski definition) is 5. The summed E-state index contributed by atoms with van der Waals surface area (Å²) in [7, 11) is 0. The summed E-state index contributed by atoms with van der Waals surface area (Å²) in [6, 6.07) is -1.01. The van der Waals surface area contributed by atoms with E-state index in [1.165, 1.54) is 122 Å². The average molecular weight is 706 g/mol. The number of carbonyl (C=O) groups excluding carboxylic acids is 1. The summed E-state index contributed by atoms with van der Waals surface area (Å²) in [6.45, 7) is 4.02. The molecule has 294 valence electrons. The van der Waals surface area contributed by atoms with Crippen LogP contribution in [0.1, 0.15) is 206 Å². The van der Waals surface area contributed by atoms with Crippen molar-refractivity contribution in [3.63, 3.8) is 0 Å². The van der Waals surface area contributed by atoms with Crippen LogP contribution < -0.4 is 5.32 Å². The van der Waals surface area contributed by atoms with Crippen LogP contribution in [0.4, 0.5) is 0 Å². The van der Waals surface area contributed by atoms with E-state index in [-0.39, 0.29) is 0 Å². The molecule has 6 heteroatoms. The summed E-state index contributed by atoms with van der Waals surface area (Å²) in [5, 5.41) is 43.6. The molecule has 50 heavy (non-hydrogen) atoms. The molecule has 4 unspecified atom stereocenters. The zero-order valence-electron chi connectivity index (χ0n) is 32.9. The third-order valence-corrected chi connectivity index (χ3v) is 9.81. The lowest BCUT2D eigenvalue weighted by atomic mass is 10.00. The van der Waals surface area contributed by atoms with Gasteiger partial charge in [-0.25, -0.2) is 0 Å². The van der Waals surface area contributed by atoms with Crippen molar-refractivity contribution in [1.82, 2.24) is 5.32 Å². The Kier molecular flexibility index (Phi) is 37.6. The Morgan fingerprint density at radius 3 is 1.26 bits per heavy atom. The van der Waals surface area contributed by atoms with E-state index in [1.807, 2.05) is 0 Å². The van der Waals surface area contributed by atoms with Gasteiger partial charge in [-0.2, -0.15) is 0 Å². The smallest absolute Gasteiger partial charge is 0.249 e. The molecular formula is C44H83NO5. The Hall–Kier alpha value is -1.47. The highest BCUT2D eigenvalue weighted by molar-refractivity contribution is 5.80. The fraction of sp³-hybridized carbons (Fsp3) is 0.841. The van der Waals surface area contributed by atoms with Crippen LogP contribution in [-0.2, 0) is 4.79 Å². The highest BCUT2D eigenvalue weighted by Crippen LogP contribution is 2.15. The summed E-state index contributed by atoms with van der Waals surface area (Å²) in [5.41, 5.74) is 0. The minimum absolute atomic E-state index is 0.361. The van der Waals surface area contributed by atoms with Gasteiger partial charge in [0.15, 0.2) is 0 Å². The minimum Gasteiger partial charge on any atom is -0.394 e.